The lowest BCUT2D eigenvalue weighted by Crippen LogP contribution is -2.25. The Morgan fingerprint density at radius 1 is 1.44 bits per heavy atom. The Morgan fingerprint density at radius 3 is 3.00 bits per heavy atom. The van der Waals surface area contributed by atoms with Gasteiger partial charge in [-0.2, -0.15) is 5.10 Å². The summed E-state index contributed by atoms with van der Waals surface area (Å²) in [5.41, 5.74) is 9.07. The number of nitrogens with two attached hydrogens (primary N) is 1. The molecule has 0 atom stereocenters. The van der Waals surface area contributed by atoms with Crippen LogP contribution in [0.4, 0.5) is 4.79 Å². The van der Waals surface area contributed by atoms with Crippen molar-refractivity contribution in [2.75, 3.05) is 6.79 Å². The number of hydrogen-bond donors (Lipinski definition) is 2. The van der Waals surface area contributed by atoms with Crippen LogP contribution in [0.5, 0.6) is 11.5 Å². The fourth-order valence-corrected chi connectivity index (χ4v) is 1.63. The molecule has 1 aliphatic heterocycles. The number of hydrogen-bond acceptors (Lipinski definition) is 4. The average molecular weight is 249 g/mol. The summed E-state index contributed by atoms with van der Waals surface area (Å²) in [6.07, 6.45) is 1.55. The molecule has 1 aliphatic rings. The Bertz CT molecular complexity index is 485. The van der Waals surface area contributed by atoms with E-state index in [-0.39, 0.29) is 6.79 Å². The standard InChI is InChI=1S/C12H15N3O3/c1-8(14-15-12(13)16)2-3-9-4-5-10-11(6-9)18-7-17-10/h4-6H,2-3,7H2,1H3,(H3,13,15,16)/b14-8-. The number of benzene rings is 1. The van der Waals surface area contributed by atoms with Gasteiger partial charge in [-0.1, -0.05) is 6.07 Å². The van der Waals surface area contributed by atoms with Crippen molar-refractivity contribution >= 4 is 11.7 Å². The first kappa shape index (κ1) is 12.2. The highest BCUT2D eigenvalue weighted by Gasteiger charge is 2.12. The molecule has 0 spiro atoms. The van der Waals surface area contributed by atoms with Crippen molar-refractivity contribution in [3.8, 4) is 11.5 Å². The summed E-state index contributed by atoms with van der Waals surface area (Å²) in [6, 6.07) is 5.18. The number of primary amides is 1. The van der Waals surface area contributed by atoms with E-state index in [1.165, 1.54) is 0 Å². The molecule has 0 aliphatic carbocycles. The molecule has 2 rings (SSSR count). The summed E-state index contributed by atoms with van der Waals surface area (Å²) in [4.78, 5) is 10.5. The fourth-order valence-electron chi connectivity index (χ4n) is 1.63. The lowest BCUT2D eigenvalue weighted by molar-refractivity contribution is 0.174. The zero-order chi connectivity index (χ0) is 13.0. The van der Waals surface area contributed by atoms with Gasteiger partial charge in [-0.15, -0.1) is 0 Å². The Kier molecular flexibility index (Phi) is 3.66. The van der Waals surface area contributed by atoms with Crippen LogP contribution in [0.3, 0.4) is 0 Å². The van der Waals surface area contributed by atoms with E-state index >= 15 is 0 Å². The molecule has 18 heavy (non-hydrogen) atoms. The van der Waals surface area contributed by atoms with Crippen LogP contribution in [0, 0.1) is 0 Å². The quantitative estimate of drug-likeness (QED) is 0.624. The molecule has 6 heteroatoms. The Morgan fingerprint density at radius 2 is 2.22 bits per heavy atom. The maximum absolute atomic E-state index is 10.5. The zero-order valence-corrected chi connectivity index (χ0v) is 10.1. The van der Waals surface area contributed by atoms with E-state index in [0.717, 1.165) is 35.6 Å². The molecule has 0 fully saturated rings. The number of nitrogens with one attached hydrogen (secondary N) is 1. The molecule has 0 saturated carbocycles. The molecule has 0 radical (unpaired) electrons. The maximum atomic E-state index is 10.5. The molecule has 0 saturated heterocycles. The highest BCUT2D eigenvalue weighted by Crippen LogP contribution is 2.32. The van der Waals surface area contributed by atoms with Crippen LogP contribution in [0.1, 0.15) is 18.9 Å². The molecule has 96 valence electrons. The number of carbonyl (C=O) groups is 1. The summed E-state index contributed by atoms with van der Waals surface area (Å²) in [5, 5.41) is 3.85. The predicted molar refractivity (Wildman–Crippen MR) is 66.7 cm³/mol. The zero-order valence-electron chi connectivity index (χ0n) is 10.1. The van der Waals surface area contributed by atoms with Crippen molar-refractivity contribution < 1.29 is 14.3 Å². The number of ether oxygens (including phenoxy) is 2. The number of amides is 2. The first-order valence-corrected chi connectivity index (χ1v) is 5.62. The number of urea groups is 1. The van der Waals surface area contributed by atoms with Gasteiger partial charge in [0, 0.05) is 5.71 Å². The van der Waals surface area contributed by atoms with Crippen LogP contribution in [0.2, 0.25) is 0 Å². The number of rotatable bonds is 4. The van der Waals surface area contributed by atoms with Crippen LogP contribution in [-0.4, -0.2) is 18.5 Å². The number of aryl methyl sites for hydroxylation is 1. The lowest BCUT2D eigenvalue weighted by atomic mass is 10.1. The molecular formula is C12H15N3O3. The predicted octanol–water partition coefficient (Wildman–Crippen LogP) is 1.39. The number of carbonyl (C=O) groups excluding carboxylic acids is 1. The van der Waals surface area contributed by atoms with Crippen LogP contribution in [0.25, 0.3) is 0 Å². The summed E-state index contributed by atoms with van der Waals surface area (Å²) in [7, 11) is 0. The van der Waals surface area contributed by atoms with E-state index in [9.17, 15) is 4.79 Å². The monoisotopic (exact) mass is 249 g/mol. The molecule has 0 unspecified atom stereocenters. The number of hydrazone groups is 1. The van der Waals surface area contributed by atoms with Gasteiger partial charge in [-0.25, -0.2) is 10.2 Å². The van der Waals surface area contributed by atoms with Crippen molar-refractivity contribution in [3.63, 3.8) is 0 Å². The second-order valence-electron chi connectivity index (χ2n) is 4.01. The van der Waals surface area contributed by atoms with E-state index in [0.29, 0.717) is 0 Å². The Balaban J connectivity index is 1.90. The van der Waals surface area contributed by atoms with Gasteiger partial charge >= 0.3 is 6.03 Å². The average Bonchev–Trinajstić information content (AvgIpc) is 2.81. The number of fused-ring (bicyclic) bond motifs is 1. The minimum absolute atomic E-state index is 0.280. The van der Waals surface area contributed by atoms with Crippen LogP contribution in [-0.2, 0) is 6.42 Å². The lowest BCUT2D eigenvalue weighted by Gasteiger charge is -2.03. The summed E-state index contributed by atoms with van der Waals surface area (Å²) in [6.45, 7) is 2.12. The molecule has 1 aromatic carbocycles. The van der Waals surface area contributed by atoms with Gasteiger partial charge in [0.05, 0.1) is 0 Å². The Hall–Kier alpha value is -2.24. The fraction of sp³-hybridized carbons (Fsp3) is 0.333. The van der Waals surface area contributed by atoms with Crippen molar-refractivity contribution in [3.05, 3.63) is 23.8 Å². The maximum Gasteiger partial charge on any atom is 0.332 e. The molecule has 3 N–H and O–H groups in total. The van der Waals surface area contributed by atoms with E-state index in [2.05, 4.69) is 10.5 Å². The highest BCUT2D eigenvalue weighted by atomic mass is 16.7. The van der Waals surface area contributed by atoms with E-state index in [1.807, 2.05) is 25.1 Å². The van der Waals surface area contributed by atoms with Gasteiger partial charge in [0.25, 0.3) is 0 Å². The third-order valence-electron chi connectivity index (χ3n) is 2.57. The van der Waals surface area contributed by atoms with Gasteiger partial charge in [0.15, 0.2) is 11.5 Å². The molecule has 0 aromatic heterocycles. The number of nitrogens with zero attached hydrogens (tertiary/aromatic N) is 1. The second kappa shape index (κ2) is 5.39. The van der Waals surface area contributed by atoms with Crippen molar-refractivity contribution in [1.29, 1.82) is 0 Å². The SMILES string of the molecule is C/C(CCc1ccc2c(c1)OCO2)=N/NC(N)=O. The van der Waals surface area contributed by atoms with Gasteiger partial charge in [-0.05, 0) is 37.5 Å². The molecule has 1 aromatic rings. The normalized spacial score (nSPS) is 13.5. The Labute approximate surface area is 105 Å². The van der Waals surface area contributed by atoms with E-state index in [1.54, 1.807) is 0 Å². The topological polar surface area (TPSA) is 85.9 Å². The third kappa shape index (κ3) is 3.13. The summed E-state index contributed by atoms with van der Waals surface area (Å²) < 4.78 is 10.5. The largest absolute Gasteiger partial charge is 0.454 e. The van der Waals surface area contributed by atoms with Gasteiger partial charge < -0.3 is 15.2 Å². The molecule has 0 bridgehead atoms. The van der Waals surface area contributed by atoms with Crippen molar-refractivity contribution in [1.82, 2.24) is 5.43 Å². The van der Waals surface area contributed by atoms with Crippen LogP contribution in [0.15, 0.2) is 23.3 Å². The smallest absolute Gasteiger partial charge is 0.332 e. The van der Waals surface area contributed by atoms with E-state index < -0.39 is 6.03 Å². The molecular weight excluding hydrogens is 234 g/mol. The first-order chi connectivity index (χ1) is 8.65. The van der Waals surface area contributed by atoms with Crippen LogP contribution < -0.4 is 20.6 Å². The van der Waals surface area contributed by atoms with Crippen LogP contribution >= 0.6 is 0 Å². The summed E-state index contributed by atoms with van der Waals surface area (Å²) >= 11 is 0. The second-order valence-corrected chi connectivity index (χ2v) is 4.01. The third-order valence-corrected chi connectivity index (χ3v) is 2.57. The van der Waals surface area contributed by atoms with Gasteiger partial charge in [0.2, 0.25) is 6.79 Å². The molecule has 1 heterocycles. The van der Waals surface area contributed by atoms with E-state index in [4.69, 9.17) is 15.2 Å². The summed E-state index contributed by atoms with van der Waals surface area (Å²) in [5.74, 6) is 1.55. The minimum atomic E-state index is -0.655. The highest BCUT2D eigenvalue weighted by molar-refractivity contribution is 5.83. The first-order valence-electron chi connectivity index (χ1n) is 5.62. The molecule has 6 nitrogen and oxygen atoms in total. The van der Waals surface area contributed by atoms with Gasteiger partial charge in [-0.3, -0.25) is 0 Å². The minimum Gasteiger partial charge on any atom is -0.454 e. The van der Waals surface area contributed by atoms with Crippen molar-refractivity contribution in [2.24, 2.45) is 10.8 Å². The van der Waals surface area contributed by atoms with Gasteiger partial charge in [0.1, 0.15) is 0 Å². The molecule has 2 amide bonds. The van der Waals surface area contributed by atoms with Crippen molar-refractivity contribution in [2.45, 2.75) is 19.8 Å².